The van der Waals surface area contributed by atoms with Gasteiger partial charge in [-0.3, -0.25) is 9.69 Å². The van der Waals surface area contributed by atoms with Crippen LogP contribution in [0, 0.1) is 0 Å². The molecular formula is C17H25N3O. The predicted molar refractivity (Wildman–Crippen MR) is 85.7 cm³/mol. The number of hydrogen-bond donors (Lipinski definition) is 1. The summed E-state index contributed by atoms with van der Waals surface area (Å²) in [6.45, 7) is 7.01. The van der Waals surface area contributed by atoms with E-state index in [0.717, 1.165) is 43.9 Å². The van der Waals surface area contributed by atoms with Gasteiger partial charge < -0.3 is 10.2 Å². The third kappa shape index (κ3) is 3.05. The first-order chi connectivity index (χ1) is 10.3. The Hall–Kier alpha value is -1.55. The van der Waals surface area contributed by atoms with Gasteiger partial charge in [-0.1, -0.05) is 12.1 Å². The van der Waals surface area contributed by atoms with Crippen LogP contribution in [0.4, 0.5) is 5.69 Å². The zero-order valence-electron chi connectivity index (χ0n) is 12.8. The quantitative estimate of drug-likeness (QED) is 0.927. The fraction of sp³-hybridized carbons (Fsp3) is 0.588. The molecule has 1 aromatic rings. The van der Waals surface area contributed by atoms with Gasteiger partial charge >= 0.3 is 0 Å². The average molecular weight is 287 g/mol. The minimum atomic E-state index is 0.181. The van der Waals surface area contributed by atoms with Gasteiger partial charge in [0.2, 0.25) is 0 Å². The molecule has 0 spiro atoms. The minimum Gasteiger partial charge on any atom is -0.385 e. The van der Waals surface area contributed by atoms with Gasteiger partial charge in [0, 0.05) is 37.9 Å². The van der Waals surface area contributed by atoms with Crippen LogP contribution in [0.5, 0.6) is 0 Å². The van der Waals surface area contributed by atoms with Gasteiger partial charge in [-0.05, 0) is 44.9 Å². The molecule has 1 amide bonds. The molecule has 2 aliphatic heterocycles. The van der Waals surface area contributed by atoms with E-state index in [1.807, 2.05) is 24.3 Å². The topological polar surface area (TPSA) is 35.6 Å². The molecule has 114 valence electrons. The standard InChI is InChI=1S/C17H25N3O/c1-2-18-16-9-4-3-8-15(16)17(21)20-12-6-11-19-10-5-7-14(19)13-20/h3-4,8-9,14,18H,2,5-7,10-13H2,1H3. The third-order valence-electron chi connectivity index (χ3n) is 4.62. The van der Waals surface area contributed by atoms with Crippen molar-refractivity contribution in [1.82, 2.24) is 9.80 Å². The van der Waals surface area contributed by atoms with Gasteiger partial charge in [0.25, 0.3) is 5.91 Å². The summed E-state index contributed by atoms with van der Waals surface area (Å²) in [6, 6.07) is 8.44. The first kappa shape index (κ1) is 14.4. The van der Waals surface area contributed by atoms with Crippen molar-refractivity contribution in [2.24, 2.45) is 0 Å². The molecule has 0 saturated carbocycles. The molecule has 4 heteroatoms. The fourth-order valence-electron chi connectivity index (χ4n) is 3.58. The molecule has 0 bridgehead atoms. The van der Waals surface area contributed by atoms with E-state index in [0.29, 0.717) is 6.04 Å². The molecule has 1 N–H and O–H groups in total. The van der Waals surface area contributed by atoms with Crippen LogP contribution in [0.3, 0.4) is 0 Å². The van der Waals surface area contributed by atoms with Crippen molar-refractivity contribution in [1.29, 1.82) is 0 Å². The van der Waals surface area contributed by atoms with Crippen molar-refractivity contribution in [3.8, 4) is 0 Å². The lowest BCUT2D eigenvalue weighted by Gasteiger charge is -2.26. The molecule has 0 aliphatic carbocycles. The maximum absolute atomic E-state index is 12.9. The molecule has 21 heavy (non-hydrogen) atoms. The van der Waals surface area contributed by atoms with Crippen LogP contribution in [0.25, 0.3) is 0 Å². The SMILES string of the molecule is CCNc1ccccc1C(=O)N1CCCN2CCCC2C1. The number of hydrogen-bond acceptors (Lipinski definition) is 3. The van der Waals surface area contributed by atoms with Crippen molar-refractivity contribution in [2.45, 2.75) is 32.2 Å². The number of para-hydroxylation sites is 1. The lowest BCUT2D eigenvalue weighted by Crippen LogP contribution is -2.39. The number of anilines is 1. The lowest BCUT2D eigenvalue weighted by atomic mass is 10.1. The normalized spacial score (nSPS) is 22.7. The zero-order chi connectivity index (χ0) is 14.7. The fourth-order valence-corrected chi connectivity index (χ4v) is 3.58. The van der Waals surface area contributed by atoms with E-state index in [2.05, 4.69) is 22.0 Å². The molecule has 2 saturated heterocycles. The monoisotopic (exact) mass is 287 g/mol. The van der Waals surface area contributed by atoms with E-state index in [9.17, 15) is 4.79 Å². The van der Waals surface area contributed by atoms with Crippen LogP contribution >= 0.6 is 0 Å². The van der Waals surface area contributed by atoms with Crippen molar-refractivity contribution < 1.29 is 4.79 Å². The number of rotatable bonds is 3. The van der Waals surface area contributed by atoms with Gasteiger partial charge in [-0.25, -0.2) is 0 Å². The smallest absolute Gasteiger partial charge is 0.256 e. The van der Waals surface area contributed by atoms with E-state index >= 15 is 0 Å². The Bertz CT molecular complexity index is 503. The second-order valence-electron chi connectivity index (χ2n) is 6.01. The number of fused-ring (bicyclic) bond motifs is 1. The maximum Gasteiger partial charge on any atom is 0.256 e. The predicted octanol–water partition coefficient (Wildman–Crippen LogP) is 2.43. The summed E-state index contributed by atoms with van der Waals surface area (Å²) in [5, 5.41) is 3.30. The highest BCUT2D eigenvalue weighted by Crippen LogP contribution is 2.24. The van der Waals surface area contributed by atoms with Crippen LogP contribution < -0.4 is 5.32 Å². The Morgan fingerprint density at radius 3 is 2.90 bits per heavy atom. The molecule has 0 aromatic heterocycles. The Kier molecular flexibility index (Phi) is 4.44. The summed E-state index contributed by atoms with van der Waals surface area (Å²) in [4.78, 5) is 17.5. The maximum atomic E-state index is 12.9. The highest BCUT2D eigenvalue weighted by Gasteiger charge is 2.31. The first-order valence-electron chi connectivity index (χ1n) is 8.16. The number of nitrogens with one attached hydrogen (secondary N) is 1. The molecule has 2 heterocycles. The molecule has 1 aromatic carbocycles. The van der Waals surface area contributed by atoms with Gasteiger partial charge in [-0.2, -0.15) is 0 Å². The summed E-state index contributed by atoms with van der Waals surface area (Å²) in [6.07, 6.45) is 3.60. The number of amides is 1. The van der Waals surface area contributed by atoms with E-state index in [1.165, 1.54) is 19.4 Å². The Morgan fingerprint density at radius 1 is 1.24 bits per heavy atom. The van der Waals surface area contributed by atoms with E-state index < -0.39 is 0 Å². The van der Waals surface area contributed by atoms with E-state index in [-0.39, 0.29) is 5.91 Å². The molecule has 1 atom stereocenters. The van der Waals surface area contributed by atoms with Gasteiger partial charge in [0.1, 0.15) is 0 Å². The third-order valence-corrected chi connectivity index (χ3v) is 4.62. The number of carbonyl (C=O) groups is 1. The lowest BCUT2D eigenvalue weighted by molar-refractivity contribution is 0.0744. The first-order valence-corrected chi connectivity index (χ1v) is 8.16. The van der Waals surface area contributed by atoms with Gasteiger partial charge in [0.15, 0.2) is 0 Å². The van der Waals surface area contributed by atoms with Crippen LogP contribution in [0.2, 0.25) is 0 Å². The average Bonchev–Trinajstić information content (AvgIpc) is 2.84. The molecule has 1 unspecified atom stereocenters. The van der Waals surface area contributed by atoms with Crippen molar-refractivity contribution in [3.63, 3.8) is 0 Å². The van der Waals surface area contributed by atoms with Crippen molar-refractivity contribution in [3.05, 3.63) is 29.8 Å². The molecule has 0 radical (unpaired) electrons. The minimum absolute atomic E-state index is 0.181. The van der Waals surface area contributed by atoms with E-state index in [1.54, 1.807) is 0 Å². The number of nitrogens with zero attached hydrogens (tertiary/aromatic N) is 2. The molecular weight excluding hydrogens is 262 g/mol. The summed E-state index contributed by atoms with van der Waals surface area (Å²) in [5.74, 6) is 0.181. The van der Waals surface area contributed by atoms with Gasteiger partial charge in [-0.15, -0.1) is 0 Å². The van der Waals surface area contributed by atoms with Crippen molar-refractivity contribution in [2.75, 3.05) is 38.0 Å². The summed E-state index contributed by atoms with van der Waals surface area (Å²) >= 11 is 0. The van der Waals surface area contributed by atoms with Crippen LogP contribution in [0.15, 0.2) is 24.3 Å². The summed E-state index contributed by atoms with van der Waals surface area (Å²) < 4.78 is 0. The molecule has 3 rings (SSSR count). The van der Waals surface area contributed by atoms with Crippen LogP contribution in [0.1, 0.15) is 36.5 Å². The van der Waals surface area contributed by atoms with Crippen molar-refractivity contribution >= 4 is 11.6 Å². The number of carbonyl (C=O) groups excluding carboxylic acids is 1. The molecule has 2 aliphatic rings. The van der Waals surface area contributed by atoms with Gasteiger partial charge in [0.05, 0.1) is 5.56 Å². The zero-order valence-corrected chi connectivity index (χ0v) is 12.8. The second kappa shape index (κ2) is 6.48. The number of benzene rings is 1. The molecule has 4 nitrogen and oxygen atoms in total. The summed E-state index contributed by atoms with van der Waals surface area (Å²) in [7, 11) is 0. The Labute approximate surface area is 127 Å². The highest BCUT2D eigenvalue weighted by molar-refractivity contribution is 5.99. The second-order valence-corrected chi connectivity index (χ2v) is 6.01. The molecule has 2 fully saturated rings. The largest absolute Gasteiger partial charge is 0.385 e. The highest BCUT2D eigenvalue weighted by atomic mass is 16.2. The van der Waals surface area contributed by atoms with E-state index in [4.69, 9.17) is 0 Å². The summed E-state index contributed by atoms with van der Waals surface area (Å²) in [5.41, 5.74) is 1.77. The Balaban J connectivity index is 1.78. The Morgan fingerprint density at radius 2 is 2.05 bits per heavy atom. The van der Waals surface area contributed by atoms with Crippen LogP contribution in [-0.2, 0) is 0 Å². The van der Waals surface area contributed by atoms with Crippen LogP contribution in [-0.4, -0.2) is 54.5 Å².